The number of benzene rings is 2. The fourth-order valence-corrected chi connectivity index (χ4v) is 3.51. The second kappa shape index (κ2) is 7.41. The van der Waals surface area contributed by atoms with E-state index in [4.69, 9.17) is 0 Å². The number of carbonyl (C=O) groups excluding carboxylic acids is 1. The Kier molecular flexibility index (Phi) is 5.04. The van der Waals surface area contributed by atoms with Gasteiger partial charge in [0.05, 0.1) is 4.90 Å². The molecular weight excluding hydrogens is 353 g/mol. The van der Waals surface area contributed by atoms with Crippen molar-refractivity contribution in [1.29, 1.82) is 0 Å². The summed E-state index contributed by atoms with van der Waals surface area (Å²) < 4.78 is 38.1. The molecule has 3 rings (SSSR count). The molecular formula is C20H14FNO3S. The summed E-state index contributed by atoms with van der Waals surface area (Å²) >= 11 is 0. The zero-order valence-electron chi connectivity index (χ0n) is 13.5. The molecule has 0 saturated heterocycles. The van der Waals surface area contributed by atoms with Gasteiger partial charge in [0.25, 0.3) is 0 Å². The molecule has 0 saturated carbocycles. The first-order valence-electron chi connectivity index (χ1n) is 7.70. The van der Waals surface area contributed by atoms with Crippen LogP contribution in [0.1, 0.15) is 21.6 Å². The predicted octanol–water partition coefficient (Wildman–Crippen LogP) is 4.04. The lowest BCUT2D eigenvalue weighted by molar-refractivity contribution is 0.111. The van der Waals surface area contributed by atoms with E-state index < -0.39 is 9.84 Å². The third-order valence-corrected chi connectivity index (χ3v) is 5.34. The molecule has 1 aromatic heterocycles. The van der Waals surface area contributed by atoms with Gasteiger partial charge in [0.1, 0.15) is 11.5 Å². The molecule has 2 aromatic carbocycles. The third kappa shape index (κ3) is 3.92. The number of nitrogens with zero attached hydrogens (tertiary/aromatic N) is 1. The van der Waals surface area contributed by atoms with E-state index in [1.807, 2.05) is 0 Å². The van der Waals surface area contributed by atoms with Gasteiger partial charge >= 0.3 is 0 Å². The minimum absolute atomic E-state index is 0.0601. The Morgan fingerprint density at radius 1 is 0.808 bits per heavy atom. The van der Waals surface area contributed by atoms with Crippen LogP contribution in [0.5, 0.6) is 0 Å². The number of rotatable bonds is 5. The second-order valence-electron chi connectivity index (χ2n) is 5.48. The monoisotopic (exact) mass is 367 g/mol. The number of sulfone groups is 1. The van der Waals surface area contributed by atoms with Gasteiger partial charge in [-0.3, -0.25) is 4.79 Å². The zero-order valence-corrected chi connectivity index (χ0v) is 14.4. The highest BCUT2D eigenvalue weighted by Gasteiger charge is 2.19. The topological polar surface area (TPSA) is 64.1 Å². The van der Waals surface area contributed by atoms with Gasteiger partial charge in [-0.25, -0.2) is 17.8 Å². The summed E-state index contributed by atoms with van der Waals surface area (Å²) in [5.74, 6) is -0.302. The van der Waals surface area contributed by atoms with E-state index in [9.17, 15) is 17.6 Å². The molecule has 6 heteroatoms. The van der Waals surface area contributed by atoms with Crippen molar-refractivity contribution in [3.63, 3.8) is 0 Å². The van der Waals surface area contributed by atoms with E-state index >= 15 is 0 Å². The molecule has 0 aliphatic rings. The number of aromatic nitrogens is 1. The van der Waals surface area contributed by atoms with Crippen LogP contribution in [0, 0.1) is 5.82 Å². The highest BCUT2D eigenvalue weighted by Crippen LogP contribution is 2.20. The minimum atomic E-state index is -3.80. The van der Waals surface area contributed by atoms with Crippen LogP contribution in [-0.2, 0) is 9.84 Å². The molecule has 0 spiro atoms. The summed E-state index contributed by atoms with van der Waals surface area (Å²) in [6, 6.07) is 16.6. The Morgan fingerprint density at radius 3 is 1.96 bits per heavy atom. The first kappa shape index (κ1) is 17.7. The Morgan fingerprint density at radius 2 is 1.38 bits per heavy atom. The zero-order chi connectivity index (χ0) is 18.6. The first-order valence-corrected chi connectivity index (χ1v) is 9.18. The van der Waals surface area contributed by atoms with Crippen LogP contribution in [-0.4, -0.2) is 19.7 Å². The maximum Gasteiger partial charge on any atom is 0.223 e. The fourth-order valence-electron chi connectivity index (χ4n) is 2.29. The lowest BCUT2D eigenvalue weighted by Gasteiger charge is -2.05. The number of pyridine rings is 1. The quantitative estimate of drug-likeness (QED) is 0.504. The number of hydrogen-bond donors (Lipinski definition) is 0. The highest BCUT2D eigenvalue weighted by molar-refractivity contribution is 7.91. The van der Waals surface area contributed by atoms with Crippen LogP contribution in [0.15, 0.2) is 76.7 Å². The van der Waals surface area contributed by atoms with Gasteiger partial charge in [-0.1, -0.05) is 42.5 Å². The largest absolute Gasteiger partial charge is 0.296 e. The Labute approximate surface area is 150 Å². The molecule has 0 aliphatic heterocycles. The second-order valence-corrected chi connectivity index (χ2v) is 7.37. The smallest absolute Gasteiger partial charge is 0.223 e. The molecule has 0 aliphatic carbocycles. The average Bonchev–Trinajstić information content (AvgIpc) is 2.68. The fraction of sp³-hybridized carbons (Fsp3) is 0. The first-order chi connectivity index (χ1) is 12.5. The molecule has 130 valence electrons. The van der Waals surface area contributed by atoms with Crippen LogP contribution in [0.3, 0.4) is 0 Å². The van der Waals surface area contributed by atoms with Gasteiger partial charge in [-0.15, -0.1) is 0 Å². The molecule has 0 radical (unpaired) electrons. The molecule has 1 heterocycles. The van der Waals surface area contributed by atoms with Crippen molar-refractivity contribution < 1.29 is 17.6 Å². The van der Waals surface area contributed by atoms with Crippen molar-refractivity contribution in [3.05, 3.63) is 89.4 Å². The molecule has 0 atom stereocenters. The van der Waals surface area contributed by atoms with Gasteiger partial charge in [-0.2, -0.15) is 0 Å². The lowest BCUT2D eigenvalue weighted by atomic mass is 10.1. The van der Waals surface area contributed by atoms with Crippen LogP contribution in [0.4, 0.5) is 4.39 Å². The molecule has 0 fully saturated rings. The van der Waals surface area contributed by atoms with Gasteiger partial charge < -0.3 is 0 Å². The van der Waals surface area contributed by atoms with Crippen molar-refractivity contribution in [3.8, 4) is 0 Å². The molecule has 3 aromatic rings. The van der Waals surface area contributed by atoms with E-state index in [-0.39, 0.29) is 21.4 Å². The Bertz CT molecular complexity index is 1060. The standard InChI is InChI=1S/C20H14FNO3S/c21-17-10-6-15(7-11-17)4-5-16-8-12-19(13-9-16)26(24,25)20-3-1-2-18(14-23)22-20/h1-14H/b5-4+. The minimum Gasteiger partial charge on any atom is -0.296 e. The third-order valence-electron chi connectivity index (χ3n) is 3.67. The van der Waals surface area contributed by atoms with Crippen molar-refractivity contribution in [2.24, 2.45) is 0 Å². The van der Waals surface area contributed by atoms with Crippen molar-refractivity contribution in [1.82, 2.24) is 4.98 Å². The van der Waals surface area contributed by atoms with Gasteiger partial charge in [0.15, 0.2) is 11.3 Å². The van der Waals surface area contributed by atoms with E-state index in [1.165, 1.54) is 42.5 Å². The summed E-state index contributed by atoms with van der Waals surface area (Å²) in [6.07, 6.45) is 4.11. The van der Waals surface area contributed by atoms with Gasteiger partial charge in [-0.05, 0) is 47.5 Å². The average molecular weight is 367 g/mol. The Balaban J connectivity index is 1.84. The van der Waals surface area contributed by atoms with Crippen molar-refractivity contribution in [2.45, 2.75) is 9.92 Å². The summed E-state index contributed by atoms with van der Waals surface area (Å²) in [7, 11) is -3.80. The van der Waals surface area contributed by atoms with Crippen LogP contribution in [0.2, 0.25) is 0 Å². The molecule has 4 nitrogen and oxygen atoms in total. The molecule has 0 amide bonds. The summed E-state index contributed by atoms with van der Waals surface area (Å²) in [6.45, 7) is 0. The summed E-state index contributed by atoms with van der Waals surface area (Å²) in [5, 5.41) is -0.170. The van der Waals surface area contributed by atoms with Crippen LogP contribution < -0.4 is 0 Å². The van der Waals surface area contributed by atoms with Crippen LogP contribution in [0.25, 0.3) is 12.2 Å². The van der Waals surface area contributed by atoms with Crippen LogP contribution >= 0.6 is 0 Å². The SMILES string of the molecule is O=Cc1cccc(S(=O)(=O)c2ccc(/C=C/c3ccc(F)cc3)cc2)n1. The van der Waals surface area contributed by atoms with E-state index in [2.05, 4.69) is 4.98 Å². The molecule has 0 N–H and O–H groups in total. The molecule has 0 bridgehead atoms. The maximum absolute atomic E-state index is 12.9. The van der Waals surface area contributed by atoms with E-state index in [0.717, 1.165) is 11.1 Å². The van der Waals surface area contributed by atoms with Gasteiger partial charge in [0.2, 0.25) is 9.84 Å². The number of aldehydes is 1. The number of hydrogen-bond acceptors (Lipinski definition) is 4. The lowest BCUT2D eigenvalue weighted by Crippen LogP contribution is -2.05. The van der Waals surface area contributed by atoms with Crippen molar-refractivity contribution in [2.75, 3.05) is 0 Å². The molecule has 0 unspecified atom stereocenters. The van der Waals surface area contributed by atoms with Crippen molar-refractivity contribution >= 4 is 28.3 Å². The number of carbonyl (C=O) groups is 1. The maximum atomic E-state index is 12.9. The summed E-state index contributed by atoms with van der Waals surface area (Å²) in [4.78, 5) is 14.7. The Hall–Kier alpha value is -3.12. The van der Waals surface area contributed by atoms with E-state index in [0.29, 0.717) is 6.29 Å². The highest BCUT2D eigenvalue weighted by atomic mass is 32.2. The van der Waals surface area contributed by atoms with Gasteiger partial charge in [0, 0.05) is 0 Å². The number of halogens is 1. The normalized spacial score (nSPS) is 11.6. The van der Waals surface area contributed by atoms with E-state index in [1.54, 1.807) is 36.4 Å². The summed E-state index contributed by atoms with van der Waals surface area (Å²) in [5.41, 5.74) is 1.69. The molecule has 26 heavy (non-hydrogen) atoms. The predicted molar refractivity (Wildman–Crippen MR) is 96.8 cm³/mol.